The predicted molar refractivity (Wildman–Crippen MR) is 91.0 cm³/mol. The maximum atomic E-state index is 12.9. The van der Waals surface area contributed by atoms with Gasteiger partial charge in [0.1, 0.15) is 11.3 Å². The molecule has 0 aliphatic carbocycles. The van der Waals surface area contributed by atoms with Gasteiger partial charge in [-0.1, -0.05) is 12.1 Å². The Labute approximate surface area is 142 Å². The van der Waals surface area contributed by atoms with Gasteiger partial charge in [-0.05, 0) is 19.1 Å². The largest absolute Gasteiger partial charge is 0.464 e. The van der Waals surface area contributed by atoms with Crippen LogP contribution in [0.2, 0.25) is 0 Å². The Balaban J connectivity index is 2.01. The van der Waals surface area contributed by atoms with Crippen molar-refractivity contribution in [3.8, 4) is 5.75 Å². The molecule has 1 aliphatic heterocycles. The van der Waals surface area contributed by atoms with Gasteiger partial charge >= 0.3 is 5.97 Å². The van der Waals surface area contributed by atoms with Crippen molar-refractivity contribution in [2.75, 3.05) is 0 Å². The highest BCUT2D eigenvalue weighted by Gasteiger charge is 2.34. The van der Waals surface area contributed by atoms with E-state index in [0.29, 0.717) is 22.2 Å². The molecule has 6 nitrogen and oxygen atoms in total. The summed E-state index contributed by atoms with van der Waals surface area (Å²) in [5.41, 5.74) is 1.22. The molecule has 1 aromatic carbocycles. The van der Waals surface area contributed by atoms with Crippen LogP contribution in [0.25, 0.3) is 11.0 Å². The molecule has 0 unspecified atom stereocenters. The average molecular weight is 337 g/mol. The summed E-state index contributed by atoms with van der Waals surface area (Å²) < 4.78 is 12.3. The summed E-state index contributed by atoms with van der Waals surface area (Å²) in [6, 6.07) is 8.53. The molecule has 0 spiro atoms. The van der Waals surface area contributed by atoms with Crippen LogP contribution in [0.3, 0.4) is 0 Å². The number of benzene rings is 1. The molecule has 0 N–H and O–H groups in total. The third-order valence-corrected chi connectivity index (χ3v) is 4.69. The molecule has 6 heteroatoms. The number of carbonyl (C=O) groups excluding carboxylic acids is 1. The molecule has 1 atom stereocenters. The average Bonchev–Trinajstić information content (AvgIpc) is 2.59. The van der Waals surface area contributed by atoms with Crippen LogP contribution in [0.15, 0.2) is 50.6 Å². The number of carbonyl (C=O) groups is 1. The van der Waals surface area contributed by atoms with E-state index in [9.17, 15) is 14.4 Å². The lowest BCUT2D eigenvalue weighted by molar-refractivity contribution is -0.135. The Bertz CT molecular complexity index is 1140. The van der Waals surface area contributed by atoms with E-state index in [0.717, 1.165) is 0 Å². The molecule has 0 bridgehead atoms. The van der Waals surface area contributed by atoms with Crippen LogP contribution in [0.1, 0.15) is 29.2 Å². The van der Waals surface area contributed by atoms with Gasteiger partial charge in [-0.15, -0.1) is 0 Å². The fourth-order valence-electron chi connectivity index (χ4n) is 3.25. The molecule has 1 aliphatic rings. The number of nitrogens with zero attached hydrogens (tertiary/aromatic N) is 1. The zero-order valence-electron chi connectivity index (χ0n) is 13.7. The van der Waals surface area contributed by atoms with E-state index in [1.165, 1.54) is 10.8 Å². The second kappa shape index (κ2) is 5.44. The van der Waals surface area contributed by atoms with Crippen molar-refractivity contribution in [3.63, 3.8) is 0 Å². The lowest BCUT2D eigenvalue weighted by Crippen LogP contribution is -2.33. The first-order chi connectivity index (χ1) is 12.0. The van der Waals surface area contributed by atoms with Crippen molar-refractivity contribution in [1.82, 2.24) is 4.57 Å². The lowest BCUT2D eigenvalue weighted by Gasteiger charge is -2.24. The minimum Gasteiger partial charge on any atom is -0.464 e. The van der Waals surface area contributed by atoms with Crippen molar-refractivity contribution >= 4 is 16.9 Å². The third-order valence-electron chi connectivity index (χ3n) is 4.69. The van der Waals surface area contributed by atoms with Crippen LogP contribution in [0.5, 0.6) is 5.75 Å². The molecule has 2 aromatic heterocycles. The number of hydrogen-bond donors (Lipinski definition) is 0. The maximum Gasteiger partial charge on any atom is 0.312 e. The zero-order valence-corrected chi connectivity index (χ0v) is 13.7. The van der Waals surface area contributed by atoms with Crippen molar-refractivity contribution in [1.29, 1.82) is 0 Å². The molecule has 4 rings (SSSR count). The topological polar surface area (TPSA) is 78.5 Å². The summed E-state index contributed by atoms with van der Waals surface area (Å²) in [6.45, 7) is 1.75. The lowest BCUT2D eigenvalue weighted by atomic mass is 9.87. The number of aromatic nitrogens is 1. The third kappa shape index (κ3) is 2.29. The standard InChI is InChI=1S/C19H15NO5/c1-10-7-15-17(19(23)20(10)2)12(8-16(21)25-15)13-9-24-14-6-4-3-5-11(14)18(13)22/h3-7,9,12H,8H2,1-2H3/t12-/m1/s1. The van der Waals surface area contributed by atoms with Gasteiger partial charge in [0.15, 0.2) is 5.43 Å². The number of aryl methyl sites for hydroxylation is 1. The smallest absolute Gasteiger partial charge is 0.312 e. The Kier molecular flexibility index (Phi) is 3.35. The van der Waals surface area contributed by atoms with Crippen LogP contribution in [-0.2, 0) is 11.8 Å². The molecule has 126 valence electrons. The zero-order chi connectivity index (χ0) is 17.7. The summed E-state index contributed by atoms with van der Waals surface area (Å²) in [6.07, 6.45) is 1.27. The van der Waals surface area contributed by atoms with Crippen LogP contribution < -0.4 is 15.7 Å². The Morgan fingerprint density at radius 1 is 1.16 bits per heavy atom. The Morgan fingerprint density at radius 3 is 2.72 bits per heavy atom. The molecule has 0 saturated carbocycles. The van der Waals surface area contributed by atoms with Crippen LogP contribution >= 0.6 is 0 Å². The van der Waals surface area contributed by atoms with E-state index in [4.69, 9.17) is 9.15 Å². The predicted octanol–water partition coefficient (Wildman–Crippen LogP) is 2.24. The van der Waals surface area contributed by atoms with Crippen molar-refractivity contribution in [3.05, 3.63) is 74.0 Å². The maximum absolute atomic E-state index is 12.9. The summed E-state index contributed by atoms with van der Waals surface area (Å²) >= 11 is 0. The number of rotatable bonds is 1. The number of fused-ring (bicyclic) bond motifs is 2. The van der Waals surface area contributed by atoms with E-state index in [2.05, 4.69) is 0 Å². The first-order valence-corrected chi connectivity index (χ1v) is 7.89. The molecule has 25 heavy (non-hydrogen) atoms. The molecule has 0 radical (unpaired) electrons. The van der Waals surface area contributed by atoms with Gasteiger partial charge in [0.05, 0.1) is 23.6 Å². The van der Waals surface area contributed by atoms with Crippen LogP contribution in [-0.4, -0.2) is 10.5 Å². The van der Waals surface area contributed by atoms with Crippen molar-refractivity contribution in [2.24, 2.45) is 7.05 Å². The van der Waals surface area contributed by atoms with Gasteiger partial charge in [-0.2, -0.15) is 0 Å². The highest BCUT2D eigenvalue weighted by Crippen LogP contribution is 2.36. The highest BCUT2D eigenvalue weighted by molar-refractivity contribution is 5.80. The van der Waals surface area contributed by atoms with E-state index in [-0.39, 0.29) is 28.7 Å². The summed E-state index contributed by atoms with van der Waals surface area (Å²) in [5.74, 6) is -0.941. The monoisotopic (exact) mass is 337 g/mol. The van der Waals surface area contributed by atoms with Gasteiger partial charge in [0, 0.05) is 30.3 Å². The second-order valence-electron chi connectivity index (χ2n) is 6.17. The fraction of sp³-hybridized carbons (Fsp3) is 0.211. The normalized spacial score (nSPS) is 16.6. The molecule has 0 amide bonds. The van der Waals surface area contributed by atoms with Crippen LogP contribution in [0.4, 0.5) is 0 Å². The van der Waals surface area contributed by atoms with Gasteiger partial charge in [-0.3, -0.25) is 14.4 Å². The summed E-state index contributed by atoms with van der Waals surface area (Å²) in [5, 5.41) is 0.421. The number of ether oxygens (including phenoxy) is 1. The highest BCUT2D eigenvalue weighted by atomic mass is 16.5. The fourth-order valence-corrected chi connectivity index (χ4v) is 3.25. The van der Waals surface area contributed by atoms with Gasteiger partial charge in [-0.25, -0.2) is 0 Å². The first-order valence-electron chi connectivity index (χ1n) is 7.89. The number of pyridine rings is 1. The minimum absolute atomic E-state index is 0.0750. The molecule has 3 aromatic rings. The number of hydrogen-bond acceptors (Lipinski definition) is 5. The van der Waals surface area contributed by atoms with Crippen molar-refractivity contribution < 1.29 is 13.9 Å². The Hall–Kier alpha value is -3.15. The molecular weight excluding hydrogens is 322 g/mol. The quantitative estimate of drug-likeness (QED) is 0.636. The molecule has 3 heterocycles. The van der Waals surface area contributed by atoms with Crippen molar-refractivity contribution in [2.45, 2.75) is 19.3 Å². The van der Waals surface area contributed by atoms with Gasteiger partial charge in [0.25, 0.3) is 5.56 Å². The SMILES string of the molecule is Cc1cc2c(c(=O)n1C)[C@@H](c1coc3ccccc3c1=O)CC(=O)O2. The summed E-state index contributed by atoms with van der Waals surface area (Å²) in [7, 11) is 1.65. The molecule has 0 fully saturated rings. The first kappa shape index (κ1) is 15.4. The number of para-hydroxylation sites is 1. The van der Waals surface area contributed by atoms with E-state index >= 15 is 0 Å². The molecule has 0 saturated heterocycles. The number of esters is 1. The summed E-state index contributed by atoms with van der Waals surface area (Å²) in [4.78, 5) is 37.7. The Morgan fingerprint density at radius 2 is 1.92 bits per heavy atom. The van der Waals surface area contributed by atoms with E-state index in [1.807, 2.05) is 0 Å². The van der Waals surface area contributed by atoms with Crippen LogP contribution in [0, 0.1) is 6.92 Å². The van der Waals surface area contributed by atoms with E-state index in [1.54, 1.807) is 44.3 Å². The van der Waals surface area contributed by atoms with Gasteiger partial charge < -0.3 is 13.7 Å². The van der Waals surface area contributed by atoms with Gasteiger partial charge in [0.2, 0.25) is 0 Å². The minimum atomic E-state index is -0.684. The second-order valence-corrected chi connectivity index (χ2v) is 6.17. The molecular formula is C19H15NO5. The van der Waals surface area contributed by atoms with E-state index < -0.39 is 11.9 Å².